The van der Waals surface area contributed by atoms with E-state index in [1.54, 1.807) is 31.3 Å². The Morgan fingerprint density at radius 1 is 1.12 bits per heavy atom. The minimum absolute atomic E-state index is 0.00928. The maximum Gasteiger partial charge on any atom is 0.238 e. The number of benzene rings is 2. The molecule has 3 heterocycles. The molecule has 166 valence electrons. The smallest absolute Gasteiger partial charge is 0.238 e. The molecule has 0 atom stereocenters. The second-order valence-electron chi connectivity index (χ2n) is 8.66. The predicted molar refractivity (Wildman–Crippen MR) is 123 cm³/mol. The van der Waals surface area contributed by atoms with E-state index in [0.29, 0.717) is 34.1 Å². The summed E-state index contributed by atoms with van der Waals surface area (Å²) in [6.45, 7) is 9.28. The minimum atomic E-state index is -3.45. The summed E-state index contributed by atoms with van der Waals surface area (Å²) >= 11 is 0. The van der Waals surface area contributed by atoms with Crippen LogP contribution in [0.3, 0.4) is 0 Å². The Morgan fingerprint density at radius 3 is 2.59 bits per heavy atom. The molecular formula is C23H24FN5O2S. The van der Waals surface area contributed by atoms with Crippen molar-refractivity contribution in [3.8, 4) is 16.8 Å². The molecule has 5 rings (SSSR count). The molecule has 0 saturated heterocycles. The normalized spacial score (nSPS) is 14.8. The number of fused-ring (bicyclic) bond motifs is 4. The highest BCUT2D eigenvalue weighted by Gasteiger charge is 2.37. The Labute approximate surface area is 185 Å². The zero-order valence-electron chi connectivity index (χ0n) is 18.6. The van der Waals surface area contributed by atoms with E-state index in [1.165, 1.54) is 10.0 Å². The standard InChI is InChI=1S/C23H24FN5O2S/c1-6-32(30,31)28-11-10-16-15(8-7-9-19(16)28)17-12-18(24)20-21(13(17)2)29-14(3)26-27-22(29)23(4,5)25-20/h7-12,25H,6H2,1-5H3. The van der Waals surface area contributed by atoms with Crippen molar-refractivity contribution in [1.82, 2.24) is 18.7 Å². The van der Waals surface area contributed by atoms with Gasteiger partial charge in [0.2, 0.25) is 10.0 Å². The van der Waals surface area contributed by atoms with Crippen LogP contribution in [0.2, 0.25) is 0 Å². The summed E-state index contributed by atoms with van der Waals surface area (Å²) in [6, 6.07) is 8.74. The van der Waals surface area contributed by atoms with Gasteiger partial charge in [-0.3, -0.25) is 4.57 Å². The van der Waals surface area contributed by atoms with Gasteiger partial charge < -0.3 is 5.32 Å². The first-order valence-corrected chi connectivity index (χ1v) is 12.1. The highest BCUT2D eigenvalue weighted by molar-refractivity contribution is 7.90. The molecule has 0 radical (unpaired) electrons. The van der Waals surface area contributed by atoms with Gasteiger partial charge in [-0.25, -0.2) is 16.8 Å². The third-order valence-electron chi connectivity index (χ3n) is 6.20. The first kappa shape index (κ1) is 20.7. The van der Waals surface area contributed by atoms with Crippen LogP contribution in [0.4, 0.5) is 10.1 Å². The van der Waals surface area contributed by atoms with Crippen LogP contribution in [0, 0.1) is 19.7 Å². The molecule has 0 saturated carbocycles. The second-order valence-corrected chi connectivity index (χ2v) is 10.8. The number of anilines is 1. The maximum atomic E-state index is 15.5. The molecule has 4 aromatic rings. The quantitative estimate of drug-likeness (QED) is 0.494. The molecule has 0 unspecified atom stereocenters. The summed E-state index contributed by atoms with van der Waals surface area (Å²) in [5.74, 6) is 0.990. The fourth-order valence-electron chi connectivity index (χ4n) is 4.58. The molecule has 0 bridgehead atoms. The molecular weight excluding hydrogens is 429 g/mol. The average molecular weight is 454 g/mol. The van der Waals surface area contributed by atoms with Crippen LogP contribution >= 0.6 is 0 Å². The van der Waals surface area contributed by atoms with Gasteiger partial charge in [0, 0.05) is 11.6 Å². The Morgan fingerprint density at radius 2 is 1.88 bits per heavy atom. The topological polar surface area (TPSA) is 81.8 Å². The number of rotatable bonds is 3. The number of aromatic nitrogens is 4. The van der Waals surface area contributed by atoms with E-state index in [2.05, 4.69) is 15.5 Å². The fraction of sp³-hybridized carbons (Fsp3) is 0.304. The summed E-state index contributed by atoms with van der Waals surface area (Å²) in [4.78, 5) is 0. The van der Waals surface area contributed by atoms with Crippen molar-refractivity contribution in [3.05, 3.63) is 59.6 Å². The lowest BCUT2D eigenvalue weighted by atomic mass is 9.92. The minimum Gasteiger partial charge on any atom is -0.369 e. The maximum absolute atomic E-state index is 15.5. The fourth-order valence-corrected chi connectivity index (χ4v) is 5.56. The second kappa shape index (κ2) is 6.65. The zero-order chi connectivity index (χ0) is 23.0. The largest absolute Gasteiger partial charge is 0.369 e. The van der Waals surface area contributed by atoms with Crippen molar-refractivity contribution in [2.45, 2.75) is 40.2 Å². The van der Waals surface area contributed by atoms with Crippen molar-refractivity contribution >= 4 is 26.6 Å². The number of hydrogen-bond acceptors (Lipinski definition) is 5. The van der Waals surface area contributed by atoms with Gasteiger partial charge >= 0.3 is 0 Å². The van der Waals surface area contributed by atoms with Crippen molar-refractivity contribution in [2.75, 3.05) is 11.1 Å². The summed E-state index contributed by atoms with van der Waals surface area (Å²) in [5.41, 5.74) is 3.38. The van der Waals surface area contributed by atoms with Crippen molar-refractivity contribution in [1.29, 1.82) is 0 Å². The lowest BCUT2D eigenvalue weighted by Crippen LogP contribution is -2.37. The highest BCUT2D eigenvalue weighted by atomic mass is 32.2. The van der Waals surface area contributed by atoms with Gasteiger partial charge in [-0.15, -0.1) is 10.2 Å². The summed E-state index contributed by atoms with van der Waals surface area (Å²) in [7, 11) is -3.45. The molecule has 1 aliphatic rings. The Hall–Kier alpha value is -3.20. The lowest BCUT2D eigenvalue weighted by Gasteiger charge is -2.35. The number of nitrogens with one attached hydrogen (secondary N) is 1. The van der Waals surface area contributed by atoms with E-state index in [1.807, 2.05) is 38.3 Å². The van der Waals surface area contributed by atoms with Crippen LogP contribution < -0.4 is 5.32 Å². The SMILES string of the molecule is CCS(=O)(=O)n1ccc2c(-c3cc(F)c4c(c3C)-n3c(C)nnc3C(C)(C)N4)cccc21. The van der Waals surface area contributed by atoms with Crippen LogP contribution in [-0.4, -0.2) is 32.9 Å². The van der Waals surface area contributed by atoms with E-state index in [-0.39, 0.29) is 11.6 Å². The molecule has 0 aliphatic carbocycles. The van der Waals surface area contributed by atoms with Crippen LogP contribution in [0.1, 0.15) is 38.0 Å². The van der Waals surface area contributed by atoms with Crippen molar-refractivity contribution < 1.29 is 12.8 Å². The monoisotopic (exact) mass is 453 g/mol. The first-order valence-electron chi connectivity index (χ1n) is 10.4. The molecule has 0 spiro atoms. The summed E-state index contributed by atoms with van der Waals surface area (Å²) in [5, 5.41) is 12.6. The van der Waals surface area contributed by atoms with E-state index in [9.17, 15) is 8.42 Å². The molecule has 0 fully saturated rings. The molecule has 7 nitrogen and oxygen atoms in total. The van der Waals surface area contributed by atoms with E-state index in [4.69, 9.17) is 0 Å². The molecule has 2 aromatic heterocycles. The number of aryl methyl sites for hydroxylation is 1. The van der Waals surface area contributed by atoms with Crippen LogP contribution in [0.15, 0.2) is 36.5 Å². The predicted octanol–water partition coefficient (Wildman–Crippen LogP) is 4.50. The van der Waals surface area contributed by atoms with E-state index >= 15 is 4.39 Å². The molecule has 1 aliphatic heterocycles. The van der Waals surface area contributed by atoms with E-state index in [0.717, 1.165) is 16.5 Å². The van der Waals surface area contributed by atoms with Gasteiger partial charge in [0.05, 0.1) is 28.2 Å². The van der Waals surface area contributed by atoms with Crippen LogP contribution in [0.5, 0.6) is 0 Å². The van der Waals surface area contributed by atoms with Crippen molar-refractivity contribution in [2.24, 2.45) is 0 Å². The Bertz CT molecular complexity index is 1520. The van der Waals surface area contributed by atoms with Gasteiger partial charge in [-0.1, -0.05) is 12.1 Å². The third kappa shape index (κ3) is 2.73. The van der Waals surface area contributed by atoms with Crippen molar-refractivity contribution in [3.63, 3.8) is 0 Å². The lowest BCUT2D eigenvalue weighted by molar-refractivity contribution is 0.521. The van der Waals surface area contributed by atoms with Crippen LogP contribution in [0.25, 0.3) is 27.7 Å². The highest BCUT2D eigenvalue weighted by Crippen LogP contribution is 2.44. The van der Waals surface area contributed by atoms with Crippen LogP contribution in [-0.2, 0) is 15.6 Å². The Kier molecular flexibility index (Phi) is 4.30. The van der Waals surface area contributed by atoms with E-state index < -0.39 is 15.6 Å². The average Bonchev–Trinajstić information content (AvgIpc) is 3.35. The number of hydrogen-bond donors (Lipinski definition) is 1. The van der Waals surface area contributed by atoms with Gasteiger partial charge in [-0.2, -0.15) is 0 Å². The molecule has 2 aromatic carbocycles. The summed E-state index contributed by atoms with van der Waals surface area (Å²) < 4.78 is 43.7. The molecule has 1 N–H and O–H groups in total. The first-order chi connectivity index (χ1) is 15.1. The molecule has 9 heteroatoms. The van der Waals surface area contributed by atoms with Gasteiger partial charge in [0.1, 0.15) is 11.6 Å². The molecule has 0 amide bonds. The van der Waals surface area contributed by atoms with Gasteiger partial charge in [0.25, 0.3) is 0 Å². The van der Waals surface area contributed by atoms with Gasteiger partial charge in [-0.05, 0) is 69.5 Å². The summed E-state index contributed by atoms with van der Waals surface area (Å²) in [6.07, 6.45) is 1.56. The Balaban J connectivity index is 1.82. The number of nitrogens with zero attached hydrogens (tertiary/aromatic N) is 4. The zero-order valence-corrected chi connectivity index (χ0v) is 19.4. The third-order valence-corrected chi connectivity index (χ3v) is 7.85. The van der Waals surface area contributed by atoms with Gasteiger partial charge in [0.15, 0.2) is 5.82 Å². The number of halogens is 1. The molecule has 32 heavy (non-hydrogen) atoms.